The first-order chi connectivity index (χ1) is 9.72. The summed E-state index contributed by atoms with van der Waals surface area (Å²) in [7, 11) is 0. The average Bonchev–Trinajstić information content (AvgIpc) is 2.44. The van der Waals surface area contributed by atoms with E-state index in [9.17, 15) is 4.79 Å². The van der Waals surface area contributed by atoms with E-state index in [2.05, 4.69) is 12.2 Å². The molecule has 0 saturated heterocycles. The first-order valence-electron chi connectivity index (χ1n) is 7.87. The second-order valence-electron chi connectivity index (χ2n) is 5.40. The molecule has 0 saturated carbocycles. The molecule has 1 amide bonds. The Morgan fingerprint density at radius 3 is 2.10 bits per heavy atom. The van der Waals surface area contributed by atoms with Crippen LogP contribution in [0.2, 0.25) is 0 Å². The summed E-state index contributed by atoms with van der Waals surface area (Å²) in [5.41, 5.74) is 7.14. The fourth-order valence-corrected chi connectivity index (χ4v) is 2.21. The standard InChI is InChI=1S/C17H28N2O/c1-2-3-4-5-6-7-8-9-10-17(20)19-16-13-11-15(18)12-14-16/h11-14H,2-10,18H2,1H3,(H,19,20). The van der Waals surface area contributed by atoms with Gasteiger partial charge in [-0.3, -0.25) is 4.79 Å². The van der Waals surface area contributed by atoms with Gasteiger partial charge in [-0.05, 0) is 30.7 Å². The van der Waals surface area contributed by atoms with Crippen molar-refractivity contribution in [2.24, 2.45) is 0 Å². The number of hydrogen-bond donors (Lipinski definition) is 2. The van der Waals surface area contributed by atoms with Crippen LogP contribution in [0.1, 0.15) is 64.7 Å². The number of benzene rings is 1. The average molecular weight is 276 g/mol. The topological polar surface area (TPSA) is 55.1 Å². The number of amides is 1. The summed E-state index contributed by atoms with van der Waals surface area (Å²) in [5, 5.41) is 2.89. The fourth-order valence-electron chi connectivity index (χ4n) is 2.21. The van der Waals surface area contributed by atoms with Gasteiger partial charge in [0.05, 0.1) is 0 Å². The molecule has 0 heterocycles. The number of carbonyl (C=O) groups is 1. The third-order valence-electron chi connectivity index (χ3n) is 3.45. The summed E-state index contributed by atoms with van der Waals surface area (Å²) in [6.07, 6.45) is 10.6. The molecule has 0 spiro atoms. The maximum absolute atomic E-state index is 11.7. The Bertz CT molecular complexity index is 373. The minimum absolute atomic E-state index is 0.0979. The third-order valence-corrected chi connectivity index (χ3v) is 3.45. The highest BCUT2D eigenvalue weighted by Gasteiger charge is 2.02. The lowest BCUT2D eigenvalue weighted by Gasteiger charge is -2.05. The molecule has 3 nitrogen and oxygen atoms in total. The number of anilines is 2. The van der Waals surface area contributed by atoms with Crippen molar-refractivity contribution < 1.29 is 4.79 Å². The molecule has 3 heteroatoms. The van der Waals surface area contributed by atoms with Crippen LogP contribution in [0.4, 0.5) is 11.4 Å². The van der Waals surface area contributed by atoms with Gasteiger partial charge in [0.2, 0.25) is 5.91 Å². The van der Waals surface area contributed by atoms with Crippen LogP contribution in [0.25, 0.3) is 0 Å². The molecule has 0 aliphatic carbocycles. The highest BCUT2D eigenvalue weighted by atomic mass is 16.1. The molecule has 20 heavy (non-hydrogen) atoms. The van der Waals surface area contributed by atoms with E-state index in [1.54, 1.807) is 12.1 Å². The first kappa shape index (κ1) is 16.5. The lowest BCUT2D eigenvalue weighted by atomic mass is 10.1. The van der Waals surface area contributed by atoms with Crippen molar-refractivity contribution in [3.63, 3.8) is 0 Å². The molecule has 0 unspecified atom stereocenters. The number of unbranched alkanes of at least 4 members (excludes halogenated alkanes) is 7. The number of carbonyl (C=O) groups excluding carboxylic acids is 1. The van der Waals surface area contributed by atoms with Crippen LogP contribution in [-0.4, -0.2) is 5.91 Å². The molecular formula is C17H28N2O. The van der Waals surface area contributed by atoms with E-state index in [0.29, 0.717) is 12.1 Å². The molecule has 0 aliphatic heterocycles. The SMILES string of the molecule is CCCCCCCCCCC(=O)Nc1ccc(N)cc1. The molecule has 0 aliphatic rings. The molecule has 0 bridgehead atoms. The smallest absolute Gasteiger partial charge is 0.224 e. The van der Waals surface area contributed by atoms with Crippen molar-refractivity contribution in [1.82, 2.24) is 0 Å². The van der Waals surface area contributed by atoms with Crippen molar-refractivity contribution >= 4 is 17.3 Å². The van der Waals surface area contributed by atoms with Crippen molar-refractivity contribution in [3.05, 3.63) is 24.3 Å². The predicted molar refractivity (Wildman–Crippen MR) is 86.7 cm³/mol. The van der Waals surface area contributed by atoms with Crippen LogP contribution in [-0.2, 0) is 4.79 Å². The second kappa shape index (κ2) is 10.3. The van der Waals surface area contributed by atoms with E-state index in [4.69, 9.17) is 5.73 Å². The zero-order valence-corrected chi connectivity index (χ0v) is 12.7. The normalized spacial score (nSPS) is 10.4. The third kappa shape index (κ3) is 7.82. The maximum atomic E-state index is 11.7. The molecular weight excluding hydrogens is 248 g/mol. The van der Waals surface area contributed by atoms with Gasteiger partial charge >= 0.3 is 0 Å². The first-order valence-corrected chi connectivity index (χ1v) is 7.87. The van der Waals surface area contributed by atoms with Gasteiger partial charge in [0.25, 0.3) is 0 Å². The van der Waals surface area contributed by atoms with E-state index in [1.807, 2.05) is 12.1 Å². The Kier molecular flexibility index (Phi) is 8.52. The van der Waals surface area contributed by atoms with Gasteiger partial charge in [-0.2, -0.15) is 0 Å². The lowest BCUT2D eigenvalue weighted by molar-refractivity contribution is -0.116. The van der Waals surface area contributed by atoms with E-state index >= 15 is 0 Å². The minimum Gasteiger partial charge on any atom is -0.399 e. The van der Waals surface area contributed by atoms with Gasteiger partial charge in [-0.25, -0.2) is 0 Å². The number of hydrogen-bond acceptors (Lipinski definition) is 2. The van der Waals surface area contributed by atoms with E-state index in [0.717, 1.165) is 18.5 Å². The van der Waals surface area contributed by atoms with Gasteiger partial charge in [0.1, 0.15) is 0 Å². The van der Waals surface area contributed by atoms with Crippen LogP contribution >= 0.6 is 0 Å². The van der Waals surface area contributed by atoms with E-state index < -0.39 is 0 Å². The van der Waals surface area contributed by atoms with Gasteiger partial charge in [-0.15, -0.1) is 0 Å². The largest absolute Gasteiger partial charge is 0.399 e. The fraction of sp³-hybridized carbons (Fsp3) is 0.588. The number of nitrogens with one attached hydrogen (secondary N) is 1. The summed E-state index contributed by atoms with van der Waals surface area (Å²) >= 11 is 0. The molecule has 0 radical (unpaired) electrons. The van der Waals surface area contributed by atoms with Crippen LogP contribution in [0, 0.1) is 0 Å². The Hall–Kier alpha value is -1.51. The maximum Gasteiger partial charge on any atom is 0.224 e. The van der Waals surface area contributed by atoms with Crippen LogP contribution in [0.15, 0.2) is 24.3 Å². The Morgan fingerprint density at radius 1 is 0.950 bits per heavy atom. The van der Waals surface area contributed by atoms with Crippen molar-refractivity contribution in [3.8, 4) is 0 Å². The Morgan fingerprint density at radius 2 is 1.50 bits per heavy atom. The summed E-state index contributed by atoms with van der Waals surface area (Å²) < 4.78 is 0. The predicted octanol–water partition coefficient (Wildman–Crippen LogP) is 4.74. The number of nitrogen functional groups attached to an aromatic ring is 1. The summed E-state index contributed by atoms with van der Waals surface area (Å²) in [6, 6.07) is 7.26. The zero-order valence-electron chi connectivity index (χ0n) is 12.7. The Labute approximate surface area is 122 Å². The van der Waals surface area contributed by atoms with Crippen LogP contribution < -0.4 is 11.1 Å². The van der Waals surface area contributed by atoms with Crippen molar-refractivity contribution in [2.45, 2.75) is 64.7 Å². The highest BCUT2D eigenvalue weighted by Crippen LogP contribution is 2.12. The van der Waals surface area contributed by atoms with E-state index in [1.165, 1.54) is 38.5 Å². The molecule has 0 fully saturated rings. The lowest BCUT2D eigenvalue weighted by Crippen LogP contribution is -2.10. The molecule has 112 valence electrons. The number of rotatable bonds is 10. The Balaban J connectivity index is 2.01. The zero-order chi connectivity index (χ0) is 14.6. The quantitative estimate of drug-likeness (QED) is 0.479. The molecule has 1 rings (SSSR count). The summed E-state index contributed by atoms with van der Waals surface area (Å²) in [6.45, 7) is 2.24. The molecule has 3 N–H and O–H groups in total. The van der Waals surface area contributed by atoms with Gasteiger partial charge in [0, 0.05) is 17.8 Å². The summed E-state index contributed by atoms with van der Waals surface area (Å²) in [4.78, 5) is 11.7. The van der Waals surface area contributed by atoms with Gasteiger partial charge < -0.3 is 11.1 Å². The molecule has 1 aromatic rings. The molecule has 1 aromatic carbocycles. The van der Waals surface area contributed by atoms with Crippen molar-refractivity contribution in [1.29, 1.82) is 0 Å². The van der Waals surface area contributed by atoms with Crippen LogP contribution in [0.5, 0.6) is 0 Å². The summed E-state index contributed by atoms with van der Waals surface area (Å²) in [5.74, 6) is 0.0979. The monoisotopic (exact) mass is 276 g/mol. The second-order valence-corrected chi connectivity index (χ2v) is 5.40. The van der Waals surface area contributed by atoms with Crippen LogP contribution in [0.3, 0.4) is 0 Å². The molecule has 0 aromatic heterocycles. The van der Waals surface area contributed by atoms with E-state index in [-0.39, 0.29) is 5.91 Å². The molecule has 0 atom stereocenters. The number of nitrogens with two attached hydrogens (primary N) is 1. The van der Waals surface area contributed by atoms with Gasteiger partial charge in [-0.1, -0.05) is 51.9 Å². The minimum atomic E-state index is 0.0979. The highest BCUT2D eigenvalue weighted by molar-refractivity contribution is 5.90. The van der Waals surface area contributed by atoms with Gasteiger partial charge in [0.15, 0.2) is 0 Å². The van der Waals surface area contributed by atoms with Crippen molar-refractivity contribution in [2.75, 3.05) is 11.1 Å².